The van der Waals surface area contributed by atoms with Crippen LogP contribution in [0.5, 0.6) is 0 Å². The summed E-state index contributed by atoms with van der Waals surface area (Å²) in [4.78, 5) is 0. The summed E-state index contributed by atoms with van der Waals surface area (Å²) in [6.45, 7) is 5.43. The largest absolute Gasteiger partial charge is 0.250 e. The Balaban J connectivity index is 3.01. The number of rotatable bonds is 3. The molecule has 0 amide bonds. The van der Waals surface area contributed by atoms with Crippen molar-refractivity contribution in [2.24, 2.45) is 0 Å². The van der Waals surface area contributed by atoms with Crippen LogP contribution in [0, 0.1) is 6.92 Å². The van der Waals surface area contributed by atoms with Crippen LogP contribution in [0.15, 0.2) is 22.7 Å². The van der Waals surface area contributed by atoms with Gasteiger partial charge in [-0.1, -0.05) is 28.9 Å². The quantitative estimate of drug-likeness (QED) is 0.756. The van der Waals surface area contributed by atoms with Crippen molar-refractivity contribution in [2.45, 2.75) is 19.3 Å². The summed E-state index contributed by atoms with van der Waals surface area (Å²) in [5, 5.41) is 0. The molecule has 0 N–H and O–H groups in total. The molecule has 0 spiro atoms. The lowest BCUT2D eigenvalue weighted by molar-refractivity contribution is 0.465. The van der Waals surface area contributed by atoms with Gasteiger partial charge in [-0.3, -0.25) is 4.39 Å². The van der Waals surface area contributed by atoms with Crippen LogP contribution >= 0.6 is 15.9 Å². The monoisotopic (exact) mass is 243 g/mol. The summed E-state index contributed by atoms with van der Waals surface area (Å²) in [5.41, 5.74) is 2.18. The van der Waals surface area contributed by atoms with E-state index >= 15 is 0 Å². The molecule has 71 valence electrons. The number of benzene rings is 1. The smallest absolute Gasteiger partial charge is 0.0962 e. The van der Waals surface area contributed by atoms with E-state index in [9.17, 15) is 4.39 Å². The summed E-state index contributed by atoms with van der Waals surface area (Å²) < 4.78 is 13.4. The highest BCUT2D eigenvalue weighted by Gasteiger charge is 2.06. The second kappa shape index (κ2) is 4.75. The molecule has 0 aromatic heterocycles. The third-order valence-corrected chi connectivity index (χ3v) is 2.50. The Morgan fingerprint density at radius 3 is 2.69 bits per heavy atom. The van der Waals surface area contributed by atoms with E-state index in [0.29, 0.717) is 0 Å². The lowest BCUT2D eigenvalue weighted by atomic mass is 9.99. The van der Waals surface area contributed by atoms with Gasteiger partial charge in [0.15, 0.2) is 0 Å². The molecule has 0 aliphatic rings. The molecule has 0 saturated carbocycles. The number of hydrogen-bond acceptors (Lipinski definition) is 0. The first-order valence-electron chi connectivity index (χ1n) is 4.35. The molecule has 1 aromatic rings. The molecule has 2 heteroatoms. The number of hydrogen-bond donors (Lipinski definition) is 0. The maximum Gasteiger partial charge on any atom is 0.0962 e. The van der Waals surface area contributed by atoms with Gasteiger partial charge in [-0.15, -0.1) is 0 Å². The summed E-state index contributed by atoms with van der Waals surface area (Å²) in [5.74, 6) is -0.247. The van der Waals surface area contributed by atoms with Crippen molar-refractivity contribution in [3.63, 3.8) is 0 Å². The van der Waals surface area contributed by atoms with Crippen molar-refractivity contribution in [1.82, 2.24) is 0 Å². The summed E-state index contributed by atoms with van der Waals surface area (Å²) in [6, 6.07) is 5.99. The molecule has 1 radical (unpaired) electrons. The van der Waals surface area contributed by atoms with Crippen LogP contribution in [-0.2, 0) is 6.42 Å². The molecule has 0 saturated heterocycles. The Hall–Kier alpha value is -0.370. The Morgan fingerprint density at radius 2 is 2.15 bits per heavy atom. The van der Waals surface area contributed by atoms with E-state index in [1.165, 1.54) is 5.56 Å². The van der Waals surface area contributed by atoms with Gasteiger partial charge < -0.3 is 0 Å². The highest BCUT2D eigenvalue weighted by atomic mass is 79.9. The molecule has 1 atom stereocenters. The minimum atomic E-state index is -0.403. The summed E-state index contributed by atoms with van der Waals surface area (Å²) in [6.07, 6.45) is 0.964. The molecule has 1 unspecified atom stereocenters. The van der Waals surface area contributed by atoms with E-state index in [0.717, 1.165) is 16.5 Å². The van der Waals surface area contributed by atoms with E-state index in [1.54, 1.807) is 0 Å². The van der Waals surface area contributed by atoms with Crippen LogP contribution in [0.1, 0.15) is 24.0 Å². The van der Waals surface area contributed by atoms with Crippen molar-refractivity contribution in [1.29, 1.82) is 0 Å². The number of alkyl halides is 1. The zero-order chi connectivity index (χ0) is 9.84. The second-order valence-corrected chi connectivity index (χ2v) is 4.01. The van der Waals surface area contributed by atoms with Crippen LogP contribution in [0.4, 0.5) is 4.39 Å². The highest BCUT2D eigenvalue weighted by Crippen LogP contribution is 2.22. The molecule has 0 heterocycles. The van der Waals surface area contributed by atoms with E-state index < -0.39 is 6.67 Å². The Labute approximate surface area is 87.3 Å². The molecular weight excluding hydrogens is 231 g/mol. The Bertz CT molecular complexity index is 283. The molecule has 0 aliphatic carbocycles. The minimum absolute atomic E-state index is 0.247. The minimum Gasteiger partial charge on any atom is -0.250 e. The van der Waals surface area contributed by atoms with Gasteiger partial charge in [0.1, 0.15) is 0 Å². The van der Waals surface area contributed by atoms with Gasteiger partial charge in [0, 0.05) is 10.4 Å². The van der Waals surface area contributed by atoms with E-state index in [2.05, 4.69) is 35.8 Å². The topological polar surface area (TPSA) is 0 Å². The fourth-order valence-corrected chi connectivity index (χ4v) is 1.76. The van der Waals surface area contributed by atoms with Crippen molar-refractivity contribution in [3.8, 4) is 0 Å². The van der Waals surface area contributed by atoms with Crippen LogP contribution in [0.25, 0.3) is 0 Å². The van der Waals surface area contributed by atoms with Crippen molar-refractivity contribution in [3.05, 3.63) is 40.7 Å². The standard InChI is InChI=1S/C11H13BrF/c1-3-9-4-10(8(2)7-13)6-11(12)5-9/h4-6,8H,2-3,7H2,1H3. The molecular formula is C11H13BrF. The van der Waals surface area contributed by atoms with Crippen molar-refractivity contribution < 1.29 is 4.39 Å². The average molecular weight is 244 g/mol. The molecule has 0 aliphatic heterocycles. The first kappa shape index (κ1) is 10.7. The van der Waals surface area contributed by atoms with Gasteiger partial charge in [0.05, 0.1) is 6.67 Å². The predicted molar refractivity (Wildman–Crippen MR) is 57.6 cm³/mol. The lowest BCUT2D eigenvalue weighted by Crippen LogP contribution is -1.97. The molecule has 1 aromatic carbocycles. The van der Waals surface area contributed by atoms with Gasteiger partial charge >= 0.3 is 0 Å². The fourth-order valence-electron chi connectivity index (χ4n) is 1.20. The van der Waals surface area contributed by atoms with E-state index in [1.807, 2.05) is 12.1 Å². The van der Waals surface area contributed by atoms with Gasteiger partial charge in [-0.25, -0.2) is 0 Å². The summed E-state index contributed by atoms with van der Waals surface area (Å²) >= 11 is 3.40. The van der Waals surface area contributed by atoms with Crippen LogP contribution in [0.3, 0.4) is 0 Å². The zero-order valence-electron chi connectivity index (χ0n) is 7.69. The summed E-state index contributed by atoms with van der Waals surface area (Å²) in [7, 11) is 0. The van der Waals surface area contributed by atoms with Crippen LogP contribution in [0.2, 0.25) is 0 Å². The first-order chi connectivity index (χ1) is 6.17. The van der Waals surface area contributed by atoms with Gasteiger partial charge in [-0.05, 0) is 36.6 Å². The molecule has 0 nitrogen and oxygen atoms in total. The van der Waals surface area contributed by atoms with Crippen molar-refractivity contribution >= 4 is 15.9 Å². The van der Waals surface area contributed by atoms with Crippen molar-refractivity contribution in [2.75, 3.05) is 6.67 Å². The van der Waals surface area contributed by atoms with Gasteiger partial charge in [-0.2, -0.15) is 0 Å². The molecule has 1 rings (SSSR count). The van der Waals surface area contributed by atoms with E-state index in [4.69, 9.17) is 0 Å². The normalized spacial score (nSPS) is 12.9. The molecule has 0 bridgehead atoms. The lowest BCUT2D eigenvalue weighted by Gasteiger charge is -2.09. The molecule has 13 heavy (non-hydrogen) atoms. The predicted octanol–water partition coefficient (Wildman–Crippen LogP) is 3.90. The number of aryl methyl sites for hydroxylation is 1. The third-order valence-electron chi connectivity index (χ3n) is 2.05. The number of halogens is 2. The molecule has 0 fully saturated rings. The first-order valence-corrected chi connectivity index (χ1v) is 5.15. The van der Waals surface area contributed by atoms with Crippen LogP contribution < -0.4 is 0 Å². The highest BCUT2D eigenvalue weighted by molar-refractivity contribution is 9.10. The Kier molecular flexibility index (Phi) is 3.91. The maximum atomic E-state index is 12.4. The Morgan fingerprint density at radius 1 is 1.46 bits per heavy atom. The fraction of sp³-hybridized carbons (Fsp3) is 0.364. The van der Waals surface area contributed by atoms with Gasteiger partial charge in [0.2, 0.25) is 0 Å². The average Bonchev–Trinajstić information content (AvgIpc) is 2.15. The SMILES string of the molecule is [CH2]C(CF)c1cc(Br)cc(CC)c1. The maximum absolute atomic E-state index is 12.4. The van der Waals surface area contributed by atoms with Crippen LogP contribution in [-0.4, -0.2) is 6.67 Å². The second-order valence-electron chi connectivity index (χ2n) is 3.10. The third kappa shape index (κ3) is 2.80. The zero-order valence-corrected chi connectivity index (χ0v) is 9.27. The van der Waals surface area contributed by atoms with Gasteiger partial charge in [0.25, 0.3) is 0 Å². The van der Waals surface area contributed by atoms with E-state index in [-0.39, 0.29) is 5.92 Å².